The van der Waals surface area contributed by atoms with Crippen LogP contribution in [0.1, 0.15) is 168 Å². The first-order valence-corrected chi connectivity index (χ1v) is 18.2. The number of ether oxygens (including phenoxy) is 2. The van der Waals surface area contributed by atoms with E-state index < -0.39 is 18.3 Å². The number of rotatable bonds is 27. The predicted molar refractivity (Wildman–Crippen MR) is 176 cm³/mol. The third-order valence-electron chi connectivity index (χ3n) is 9.20. The first-order chi connectivity index (χ1) is 20.9. The average molecular weight is 607 g/mol. The van der Waals surface area contributed by atoms with Gasteiger partial charge in [0.25, 0.3) is 0 Å². The number of carbonyl (C=O) groups excluding carboxylic acids is 1. The second-order valence-electron chi connectivity index (χ2n) is 13.3. The lowest BCUT2D eigenvalue weighted by Gasteiger charge is -2.22. The molecule has 2 rings (SSSR count). The van der Waals surface area contributed by atoms with E-state index in [0.29, 0.717) is 12.0 Å². The van der Waals surface area contributed by atoms with Gasteiger partial charge in [0.15, 0.2) is 0 Å². The summed E-state index contributed by atoms with van der Waals surface area (Å²) in [5.41, 5.74) is 0.615. The zero-order valence-electron chi connectivity index (χ0n) is 27.7. The number of esters is 1. The molecular formula is C37H66O6. The van der Waals surface area contributed by atoms with Crippen molar-refractivity contribution in [2.45, 2.75) is 205 Å². The molecule has 0 aromatic carbocycles. The largest absolute Gasteiger partial charge is 0.455 e. The van der Waals surface area contributed by atoms with Crippen LogP contribution in [0.2, 0.25) is 0 Å². The van der Waals surface area contributed by atoms with Gasteiger partial charge < -0.3 is 24.8 Å². The van der Waals surface area contributed by atoms with E-state index in [1.807, 2.05) is 13.0 Å². The Labute approximate surface area is 263 Å². The molecule has 0 aromatic rings. The van der Waals surface area contributed by atoms with Crippen molar-refractivity contribution >= 4 is 5.97 Å². The van der Waals surface area contributed by atoms with Crippen LogP contribution >= 0.6 is 0 Å². The van der Waals surface area contributed by atoms with E-state index in [1.165, 1.54) is 77.0 Å². The quantitative estimate of drug-likeness (QED) is 0.0492. The molecule has 6 atom stereocenters. The van der Waals surface area contributed by atoms with Gasteiger partial charge in [-0.15, -0.1) is 0 Å². The first-order valence-electron chi connectivity index (χ1n) is 18.2. The molecule has 0 bridgehead atoms. The summed E-state index contributed by atoms with van der Waals surface area (Å²) in [5.74, 6) is -0.282. The Morgan fingerprint density at radius 3 is 1.81 bits per heavy atom. The van der Waals surface area contributed by atoms with E-state index in [4.69, 9.17) is 9.47 Å². The molecule has 0 amide bonds. The van der Waals surface area contributed by atoms with Crippen molar-refractivity contribution in [2.24, 2.45) is 0 Å². The molecule has 1 saturated heterocycles. The Morgan fingerprint density at radius 2 is 1.23 bits per heavy atom. The fourth-order valence-corrected chi connectivity index (χ4v) is 6.46. The minimum Gasteiger partial charge on any atom is -0.455 e. The third-order valence-corrected chi connectivity index (χ3v) is 9.20. The SMILES string of the molecule is CCCCCCCCCC/C=C/CCC(O)[C@H]1CC[C@H]([C@H](O)CCCCCCCCCC[C@@H](O)CC2=C[C@H](C)OC2=O)O1. The fraction of sp³-hybridized carbons (Fsp3) is 0.865. The van der Waals surface area contributed by atoms with Crippen LogP contribution in [-0.2, 0) is 14.3 Å². The minimum absolute atomic E-state index is 0.133. The molecule has 2 aliphatic rings. The maximum absolute atomic E-state index is 11.6. The standard InChI is InChI=1S/C37H66O6/c1-3-4-5-6-7-8-9-10-11-15-18-21-24-33(39)35-26-27-36(43-35)34(40)25-22-19-16-13-12-14-17-20-23-32(38)29-31-28-30(2)42-37(31)41/h15,18,28,30,32-36,38-40H,3-14,16-17,19-27,29H2,1-2H3/b18-15+/t30-,32+,33?,34+,35+,36+/m0/s1. The molecule has 6 heteroatoms. The summed E-state index contributed by atoms with van der Waals surface area (Å²) in [7, 11) is 0. The van der Waals surface area contributed by atoms with Crippen LogP contribution in [0.15, 0.2) is 23.8 Å². The summed E-state index contributed by atoms with van der Waals surface area (Å²) >= 11 is 0. The summed E-state index contributed by atoms with van der Waals surface area (Å²) < 4.78 is 11.2. The fourth-order valence-electron chi connectivity index (χ4n) is 6.46. The molecule has 3 N–H and O–H groups in total. The maximum atomic E-state index is 11.6. The number of allylic oxidation sites excluding steroid dienone is 2. The average Bonchev–Trinajstić information content (AvgIpc) is 3.60. The van der Waals surface area contributed by atoms with Gasteiger partial charge in [-0.05, 0) is 64.4 Å². The Hall–Kier alpha value is -1.21. The second-order valence-corrected chi connectivity index (χ2v) is 13.3. The summed E-state index contributed by atoms with van der Waals surface area (Å²) in [6.45, 7) is 4.10. The number of aliphatic hydroxyl groups excluding tert-OH is 3. The lowest BCUT2D eigenvalue weighted by Crippen LogP contribution is -2.30. The highest BCUT2D eigenvalue weighted by atomic mass is 16.5. The monoisotopic (exact) mass is 606 g/mol. The van der Waals surface area contributed by atoms with Crippen LogP contribution in [0.25, 0.3) is 0 Å². The van der Waals surface area contributed by atoms with Crippen LogP contribution in [0, 0.1) is 0 Å². The van der Waals surface area contributed by atoms with E-state index in [2.05, 4.69) is 19.1 Å². The maximum Gasteiger partial charge on any atom is 0.334 e. The number of unbranched alkanes of at least 4 members (excludes halogenated alkanes) is 15. The molecule has 0 radical (unpaired) electrons. The van der Waals surface area contributed by atoms with E-state index >= 15 is 0 Å². The molecule has 0 aromatic heterocycles. The Morgan fingerprint density at radius 1 is 0.721 bits per heavy atom. The van der Waals surface area contributed by atoms with Gasteiger partial charge in [0, 0.05) is 12.0 Å². The van der Waals surface area contributed by atoms with E-state index in [0.717, 1.165) is 70.6 Å². The minimum atomic E-state index is -0.464. The van der Waals surface area contributed by atoms with Crippen LogP contribution in [0.3, 0.4) is 0 Å². The molecule has 6 nitrogen and oxygen atoms in total. The zero-order chi connectivity index (χ0) is 31.1. The highest BCUT2D eigenvalue weighted by Gasteiger charge is 2.34. The smallest absolute Gasteiger partial charge is 0.334 e. The first kappa shape index (κ1) is 38.0. The molecule has 2 aliphatic heterocycles. The topological polar surface area (TPSA) is 96.2 Å². The van der Waals surface area contributed by atoms with Crippen LogP contribution in [0.5, 0.6) is 0 Å². The van der Waals surface area contributed by atoms with Gasteiger partial charge in [-0.25, -0.2) is 4.79 Å². The molecule has 2 heterocycles. The van der Waals surface area contributed by atoms with Crippen LogP contribution in [-0.4, -0.2) is 57.9 Å². The number of cyclic esters (lactones) is 1. The molecule has 0 saturated carbocycles. The van der Waals surface area contributed by atoms with Gasteiger partial charge in [0.2, 0.25) is 0 Å². The molecular weight excluding hydrogens is 540 g/mol. The van der Waals surface area contributed by atoms with Crippen molar-refractivity contribution in [1.29, 1.82) is 0 Å². The summed E-state index contributed by atoms with van der Waals surface area (Å²) in [6.07, 6.45) is 30.7. The van der Waals surface area contributed by atoms with Gasteiger partial charge in [0.1, 0.15) is 6.10 Å². The third kappa shape index (κ3) is 17.8. The van der Waals surface area contributed by atoms with E-state index in [1.54, 1.807) is 0 Å². The zero-order valence-corrected chi connectivity index (χ0v) is 27.7. The Bertz CT molecular complexity index is 764. The van der Waals surface area contributed by atoms with Gasteiger partial charge in [0.05, 0.1) is 30.5 Å². The van der Waals surface area contributed by atoms with Crippen molar-refractivity contribution in [2.75, 3.05) is 0 Å². The van der Waals surface area contributed by atoms with E-state index in [-0.39, 0.29) is 24.3 Å². The molecule has 0 spiro atoms. The van der Waals surface area contributed by atoms with Crippen molar-refractivity contribution in [3.05, 3.63) is 23.8 Å². The van der Waals surface area contributed by atoms with Gasteiger partial charge >= 0.3 is 5.97 Å². The summed E-state index contributed by atoms with van der Waals surface area (Å²) in [6, 6.07) is 0. The molecule has 0 aliphatic carbocycles. The van der Waals surface area contributed by atoms with E-state index in [9.17, 15) is 20.1 Å². The van der Waals surface area contributed by atoms with Gasteiger partial charge in [-0.1, -0.05) is 115 Å². The highest BCUT2D eigenvalue weighted by molar-refractivity contribution is 5.90. The van der Waals surface area contributed by atoms with Crippen molar-refractivity contribution in [1.82, 2.24) is 0 Å². The van der Waals surface area contributed by atoms with Crippen LogP contribution in [0.4, 0.5) is 0 Å². The molecule has 1 fully saturated rings. The van der Waals surface area contributed by atoms with Gasteiger partial charge in [-0.3, -0.25) is 0 Å². The Kier molecular flexibility index (Phi) is 21.3. The van der Waals surface area contributed by atoms with Gasteiger partial charge in [-0.2, -0.15) is 0 Å². The Balaban J connectivity index is 1.38. The molecule has 250 valence electrons. The van der Waals surface area contributed by atoms with Crippen molar-refractivity contribution in [3.8, 4) is 0 Å². The number of aliphatic hydroxyl groups is 3. The molecule has 43 heavy (non-hydrogen) atoms. The number of hydrogen-bond donors (Lipinski definition) is 3. The van der Waals surface area contributed by atoms with Crippen molar-refractivity contribution < 1.29 is 29.6 Å². The predicted octanol–water partition coefficient (Wildman–Crippen LogP) is 8.65. The highest BCUT2D eigenvalue weighted by Crippen LogP contribution is 2.28. The normalized spacial score (nSPS) is 22.7. The second kappa shape index (κ2) is 24.1. The number of hydrogen-bond acceptors (Lipinski definition) is 6. The lowest BCUT2D eigenvalue weighted by atomic mass is 10.00. The van der Waals surface area contributed by atoms with Crippen molar-refractivity contribution in [3.63, 3.8) is 0 Å². The lowest BCUT2D eigenvalue weighted by molar-refractivity contribution is -0.139. The number of carbonyl (C=O) groups is 1. The summed E-state index contributed by atoms with van der Waals surface area (Å²) in [4.78, 5) is 11.6. The summed E-state index contributed by atoms with van der Waals surface area (Å²) in [5, 5.41) is 31.4. The van der Waals surface area contributed by atoms with Crippen LogP contribution < -0.4 is 0 Å². The molecule has 1 unspecified atom stereocenters.